The molecule has 3 nitrogen and oxygen atoms in total. The summed E-state index contributed by atoms with van der Waals surface area (Å²) in [5, 5.41) is 0.409. The Morgan fingerprint density at radius 2 is 1.95 bits per heavy atom. The number of methoxy groups -OCH3 is 1. The largest absolute Gasteiger partial charge is 0.494 e. The Morgan fingerprint density at radius 1 is 1.24 bits per heavy atom. The topological polar surface area (TPSA) is 34.5 Å². The first-order chi connectivity index (χ1) is 9.93. The minimum Gasteiger partial charge on any atom is -0.494 e. The quantitative estimate of drug-likeness (QED) is 0.788. The summed E-state index contributed by atoms with van der Waals surface area (Å²) in [7, 11) is 1.31. The number of ether oxygens (including phenoxy) is 1. The molecule has 0 spiro atoms. The molecular formula is C15H13ClF2N2O. The summed E-state index contributed by atoms with van der Waals surface area (Å²) in [6.45, 7) is 3.30. The number of aromatic nitrogens is 1. The lowest BCUT2D eigenvalue weighted by Gasteiger charge is -2.08. The van der Waals surface area contributed by atoms with E-state index >= 15 is 0 Å². The Hall–Kier alpha value is -2.01. The minimum absolute atomic E-state index is 0.0609. The molecule has 0 aliphatic rings. The van der Waals surface area contributed by atoms with Crippen molar-refractivity contribution in [3.8, 4) is 5.75 Å². The minimum atomic E-state index is -0.854. The number of halogens is 3. The number of aliphatic imine (C=N–C) groups is 1. The van der Waals surface area contributed by atoms with E-state index in [1.54, 1.807) is 13.0 Å². The Balaban J connectivity index is 2.48. The SMILES string of the molecule is COc1cc(C)c(F)c(N=Cc2cnc(C)cc2Cl)c1F. The first kappa shape index (κ1) is 15.4. The second-order valence-electron chi connectivity index (χ2n) is 4.48. The summed E-state index contributed by atoms with van der Waals surface area (Å²) in [5.74, 6) is -1.65. The van der Waals surface area contributed by atoms with Gasteiger partial charge in [0.1, 0.15) is 5.69 Å². The predicted molar refractivity (Wildman–Crippen MR) is 78.9 cm³/mol. The smallest absolute Gasteiger partial charge is 0.193 e. The lowest BCUT2D eigenvalue weighted by atomic mass is 10.2. The van der Waals surface area contributed by atoms with Crippen LogP contribution >= 0.6 is 11.6 Å². The molecule has 0 saturated heterocycles. The van der Waals surface area contributed by atoms with Gasteiger partial charge >= 0.3 is 0 Å². The molecule has 1 aromatic heterocycles. The monoisotopic (exact) mass is 310 g/mol. The summed E-state index contributed by atoms with van der Waals surface area (Å²) >= 11 is 6.02. The highest BCUT2D eigenvalue weighted by atomic mass is 35.5. The van der Waals surface area contributed by atoms with Gasteiger partial charge in [0, 0.05) is 23.7 Å². The standard InChI is InChI=1S/C15H13ClF2N2O/c1-8-4-12(21-3)14(18)15(13(8)17)20-7-10-6-19-9(2)5-11(10)16/h4-7H,1-3H3. The number of hydrogen-bond donors (Lipinski definition) is 0. The molecular weight excluding hydrogens is 298 g/mol. The Labute approximate surface area is 126 Å². The zero-order chi connectivity index (χ0) is 15.6. The van der Waals surface area contributed by atoms with E-state index in [2.05, 4.69) is 9.98 Å². The van der Waals surface area contributed by atoms with Gasteiger partial charge in [-0.15, -0.1) is 0 Å². The molecule has 0 atom stereocenters. The first-order valence-electron chi connectivity index (χ1n) is 6.12. The fourth-order valence-corrected chi connectivity index (χ4v) is 2.01. The van der Waals surface area contributed by atoms with Gasteiger partial charge in [-0.3, -0.25) is 4.98 Å². The molecule has 1 aromatic carbocycles. The Morgan fingerprint density at radius 3 is 2.57 bits per heavy atom. The van der Waals surface area contributed by atoms with E-state index in [9.17, 15) is 8.78 Å². The molecule has 2 aromatic rings. The fraction of sp³-hybridized carbons (Fsp3) is 0.200. The van der Waals surface area contributed by atoms with Crippen molar-refractivity contribution in [3.05, 3.63) is 51.8 Å². The van der Waals surface area contributed by atoms with Crippen LogP contribution in [0.5, 0.6) is 5.75 Å². The fourth-order valence-electron chi connectivity index (χ4n) is 1.75. The lowest BCUT2D eigenvalue weighted by molar-refractivity contribution is 0.384. The molecule has 6 heteroatoms. The molecule has 0 aliphatic carbocycles. The van der Waals surface area contributed by atoms with Crippen LogP contribution in [0.3, 0.4) is 0 Å². The van der Waals surface area contributed by atoms with Crippen LogP contribution in [0.25, 0.3) is 0 Å². The summed E-state index contributed by atoms with van der Waals surface area (Å²) < 4.78 is 32.9. The molecule has 110 valence electrons. The average molecular weight is 311 g/mol. The van der Waals surface area contributed by atoms with Gasteiger partial charge in [-0.2, -0.15) is 0 Å². The molecule has 0 amide bonds. The molecule has 0 radical (unpaired) electrons. The summed E-state index contributed by atoms with van der Waals surface area (Å²) in [6.07, 6.45) is 2.76. The number of aryl methyl sites for hydroxylation is 2. The van der Waals surface area contributed by atoms with Crippen molar-refractivity contribution >= 4 is 23.5 Å². The second kappa shape index (κ2) is 6.18. The van der Waals surface area contributed by atoms with E-state index in [0.717, 1.165) is 5.69 Å². The normalized spacial score (nSPS) is 11.1. The summed E-state index contributed by atoms with van der Waals surface area (Å²) in [5.41, 5.74) is 1.05. The van der Waals surface area contributed by atoms with Gasteiger partial charge in [-0.05, 0) is 31.5 Å². The van der Waals surface area contributed by atoms with E-state index in [1.807, 2.05) is 0 Å². The number of hydrogen-bond acceptors (Lipinski definition) is 3. The highest BCUT2D eigenvalue weighted by Gasteiger charge is 2.16. The van der Waals surface area contributed by atoms with Crippen LogP contribution in [0.1, 0.15) is 16.8 Å². The zero-order valence-corrected chi connectivity index (χ0v) is 12.5. The molecule has 0 unspecified atom stereocenters. The van der Waals surface area contributed by atoms with Crippen LogP contribution in [-0.4, -0.2) is 18.3 Å². The Bertz CT molecular complexity index is 717. The van der Waals surface area contributed by atoms with Gasteiger partial charge in [0.25, 0.3) is 0 Å². The summed E-state index contributed by atoms with van der Waals surface area (Å²) in [6, 6.07) is 2.93. The van der Waals surface area contributed by atoms with E-state index in [-0.39, 0.29) is 11.3 Å². The third-order valence-electron chi connectivity index (χ3n) is 2.90. The van der Waals surface area contributed by atoms with E-state index < -0.39 is 17.3 Å². The van der Waals surface area contributed by atoms with E-state index in [1.165, 1.54) is 32.5 Å². The van der Waals surface area contributed by atoms with Crippen LogP contribution in [0.15, 0.2) is 23.3 Å². The molecule has 2 rings (SSSR count). The molecule has 0 saturated carbocycles. The van der Waals surface area contributed by atoms with Gasteiger partial charge < -0.3 is 4.74 Å². The molecule has 21 heavy (non-hydrogen) atoms. The van der Waals surface area contributed by atoms with E-state index in [4.69, 9.17) is 16.3 Å². The van der Waals surface area contributed by atoms with Crippen molar-refractivity contribution in [2.45, 2.75) is 13.8 Å². The highest BCUT2D eigenvalue weighted by Crippen LogP contribution is 2.32. The van der Waals surface area contributed by atoms with Gasteiger partial charge in [-0.25, -0.2) is 13.8 Å². The zero-order valence-electron chi connectivity index (χ0n) is 11.7. The van der Waals surface area contributed by atoms with Crippen molar-refractivity contribution < 1.29 is 13.5 Å². The molecule has 1 heterocycles. The van der Waals surface area contributed by atoms with Crippen molar-refractivity contribution in [2.75, 3.05) is 7.11 Å². The molecule has 0 N–H and O–H groups in total. The van der Waals surface area contributed by atoms with E-state index in [0.29, 0.717) is 10.6 Å². The van der Waals surface area contributed by atoms with Crippen LogP contribution in [0.4, 0.5) is 14.5 Å². The third kappa shape index (κ3) is 3.19. The molecule has 0 aliphatic heterocycles. The lowest BCUT2D eigenvalue weighted by Crippen LogP contribution is -1.95. The first-order valence-corrected chi connectivity index (χ1v) is 6.50. The van der Waals surface area contributed by atoms with Gasteiger partial charge in [0.05, 0.1) is 12.1 Å². The van der Waals surface area contributed by atoms with Crippen molar-refractivity contribution in [3.63, 3.8) is 0 Å². The van der Waals surface area contributed by atoms with Crippen LogP contribution < -0.4 is 4.74 Å². The van der Waals surface area contributed by atoms with Gasteiger partial charge in [0.2, 0.25) is 0 Å². The maximum absolute atomic E-state index is 14.1. The number of pyridine rings is 1. The number of rotatable bonds is 3. The van der Waals surface area contributed by atoms with Gasteiger partial charge in [0.15, 0.2) is 17.4 Å². The summed E-state index contributed by atoms with van der Waals surface area (Å²) in [4.78, 5) is 7.92. The molecule has 0 bridgehead atoms. The predicted octanol–water partition coefficient (Wildman–Crippen LogP) is 4.39. The number of benzene rings is 1. The maximum atomic E-state index is 14.1. The van der Waals surface area contributed by atoms with Crippen LogP contribution in [-0.2, 0) is 0 Å². The second-order valence-corrected chi connectivity index (χ2v) is 4.88. The van der Waals surface area contributed by atoms with Crippen molar-refractivity contribution in [1.29, 1.82) is 0 Å². The maximum Gasteiger partial charge on any atom is 0.193 e. The van der Waals surface area contributed by atoms with Crippen molar-refractivity contribution in [1.82, 2.24) is 4.98 Å². The van der Waals surface area contributed by atoms with Gasteiger partial charge in [-0.1, -0.05) is 11.6 Å². The third-order valence-corrected chi connectivity index (χ3v) is 3.22. The highest BCUT2D eigenvalue weighted by molar-refractivity contribution is 6.33. The van der Waals surface area contributed by atoms with Crippen molar-refractivity contribution in [2.24, 2.45) is 4.99 Å². The van der Waals surface area contributed by atoms with Crippen LogP contribution in [0, 0.1) is 25.5 Å². The van der Waals surface area contributed by atoms with Crippen LogP contribution in [0.2, 0.25) is 5.02 Å². The average Bonchev–Trinajstić information content (AvgIpc) is 2.44. The Kier molecular flexibility index (Phi) is 4.53. The number of nitrogens with zero attached hydrogens (tertiary/aromatic N) is 2. The molecule has 0 fully saturated rings.